The molecule has 11 rings (SSSR count). The Balaban J connectivity index is 1.51. The zero-order valence-corrected chi connectivity index (χ0v) is 40.5. The van der Waals surface area contributed by atoms with E-state index in [1.807, 2.05) is 115 Å². The molecule has 0 aliphatic heterocycles. The van der Waals surface area contributed by atoms with Crippen molar-refractivity contribution in [3.8, 4) is 17.3 Å². The van der Waals surface area contributed by atoms with Crippen molar-refractivity contribution in [1.29, 1.82) is 5.26 Å². The third kappa shape index (κ3) is 7.67. The Morgan fingerprint density at radius 2 is 1.00 bits per heavy atom. The first-order valence-electron chi connectivity index (χ1n) is 22.6. The number of rotatable bonds is 10. The quantitative estimate of drug-likeness (QED) is 0.101. The summed E-state index contributed by atoms with van der Waals surface area (Å²) in [5, 5.41) is 16.8. The van der Waals surface area contributed by atoms with E-state index >= 15 is 0 Å². The van der Waals surface area contributed by atoms with Crippen LogP contribution in [0.1, 0.15) is 35.5 Å². The van der Waals surface area contributed by atoms with Crippen LogP contribution in [0.4, 0.5) is 0 Å². The van der Waals surface area contributed by atoms with Gasteiger partial charge in [-0.1, -0.05) is 211 Å². The molecule has 0 spiro atoms. The van der Waals surface area contributed by atoms with Crippen molar-refractivity contribution in [1.82, 2.24) is 18.9 Å². The van der Waals surface area contributed by atoms with Gasteiger partial charge in [0.2, 0.25) is 5.70 Å². The molecule has 7 aromatic carbocycles. The summed E-state index contributed by atoms with van der Waals surface area (Å²) in [5.41, 5.74) is 8.51. The highest BCUT2D eigenvalue weighted by Crippen LogP contribution is 2.41. The molecule has 4 heterocycles. The Hall–Kier alpha value is -7.43. The summed E-state index contributed by atoms with van der Waals surface area (Å²) in [6.07, 6.45) is 0. The van der Waals surface area contributed by atoms with E-state index in [0.717, 1.165) is 58.8 Å². The van der Waals surface area contributed by atoms with Gasteiger partial charge in [0, 0.05) is 33.1 Å². The minimum atomic E-state index is -0.531. The fraction of sp³-hybridized carbons (Fsp3) is 0.0526. The molecule has 0 fully saturated rings. The van der Waals surface area contributed by atoms with Gasteiger partial charge in [-0.3, -0.25) is 0 Å². The highest BCUT2D eigenvalue weighted by molar-refractivity contribution is 7.20. The molecule has 4 aromatic heterocycles. The Morgan fingerprint density at radius 3 is 1.45 bits per heavy atom. The highest BCUT2D eigenvalue weighted by atomic mass is 35.5. The van der Waals surface area contributed by atoms with Gasteiger partial charge < -0.3 is 8.96 Å². The van der Waals surface area contributed by atoms with Crippen LogP contribution in [0, 0.1) is 17.9 Å². The maximum absolute atomic E-state index is 12.0. The van der Waals surface area contributed by atoms with Crippen LogP contribution in [-0.4, -0.2) is 32.6 Å². The van der Waals surface area contributed by atoms with E-state index in [2.05, 4.69) is 107 Å². The molecule has 0 N–H and O–H groups in total. The first-order chi connectivity index (χ1) is 33.9. The van der Waals surface area contributed by atoms with Crippen molar-refractivity contribution < 1.29 is 0 Å². The lowest BCUT2D eigenvalue weighted by Crippen LogP contribution is -2.54. The van der Waals surface area contributed by atoms with E-state index < -0.39 is 13.7 Å². The molecule has 0 aliphatic rings. The van der Waals surface area contributed by atoms with Crippen molar-refractivity contribution in [3.05, 3.63) is 236 Å². The van der Waals surface area contributed by atoms with Gasteiger partial charge in [0.05, 0.1) is 42.4 Å². The molecular formula is C57H38B2Cl2N6S2. The largest absolute Gasteiger partial charge is 0.384 e. The number of nitrogens with zero attached hydrogens (tertiary/aromatic N) is 6. The summed E-state index contributed by atoms with van der Waals surface area (Å²) in [4.78, 5) is 15.0. The van der Waals surface area contributed by atoms with E-state index in [1.165, 1.54) is 22.7 Å². The Labute approximate surface area is 418 Å². The number of para-hydroxylation sites is 2. The van der Waals surface area contributed by atoms with Crippen molar-refractivity contribution in [2.75, 3.05) is 0 Å². The average molecular weight is 964 g/mol. The van der Waals surface area contributed by atoms with Crippen LogP contribution in [0.3, 0.4) is 0 Å². The molecule has 0 saturated heterocycles. The lowest BCUT2D eigenvalue weighted by molar-refractivity contribution is 0.810. The summed E-state index contributed by atoms with van der Waals surface area (Å²) >= 11 is 18.1. The smallest absolute Gasteiger partial charge is 0.327 e. The Bertz CT molecular complexity index is 3690. The van der Waals surface area contributed by atoms with E-state index in [1.54, 1.807) is 0 Å². The van der Waals surface area contributed by atoms with Gasteiger partial charge in [0.1, 0.15) is 21.7 Å². The summed E-state index contributed by atoms with van der Waals surface area (Å²) in [7, 11) is 0. The minimum absolute atomic E-state index is 0.176. The molecule has 12 heteroatoms. The summed E-state index contributed by atoms with van der Waals surface area (Å²) in [6.45, 7) is 12.8. The molecular weight excluding hydrogens is 925 g/mol. The van der Waals surface area contributed by atoms with Crippen LogP contribution in [0.25, 0.3) is 58.6 Å². The SMILES string of the molecule is [C-]#[N+]/C(c1nc2ccccc2s1)=c1\c2c(C(C)C)n(B(c3ccccc3)c3ccccc3)/c(=C(/C#N)c3nc4ccccc4s3)c2c(-c2c(Cl)cccc2Cl)n1B(c1ccccc1)c1ccccc1. The molecule has 0 bridgehead atoms. The molecule has 0 aliphatic carbocycles. The third-order valence-electron chi connectivity index (χ3n) is 12.6. The second-order valence-corrected chi connectivity index (χ2v) is 19.9. The molecule has 0 amide bonds. The van der Waals surface area contributed by atoms with Crippen molar-refractivity contribution in [2.24, 2.45) is 0 Å². The number of halogens is 2. The maximum atomic E-state index is 12.0. The van der Waals surface area contributed by atoms with E-state index in [0.29, 0.717) is 53.3 Å². The lowest BCUT2D eigenvalue weighted by Gasteiger charge is -2.25. The number of benzene rings is 7. The molecule has 69 heavy (non-hydrogen) atoms. The van der Waals surface area contributed by atoms with Gasteiger partial charge in [-0.15, -0.1) is 22.7 Å². The standard InChI is InChI=1S/C57H38B2Cl2N6S2/c1-36(2)52-49-50(53(41(35-62)56-64-44-31-16-18-33-46(44)68-56)66(52)58(37-21-8-4-9-22-37)38-23-10-5-11-24-38)54(48-42(60)29-20-30-43(48)61)67(59(39-25-12-6-13-26-39)40-27-14-7-15-28-40)55(49)51(63-3)57-65-45-32-17-19-34-47(45)69-57/h4-34,36H,1-2H3/b53-41-,55-51+. The molecule has 0 saturated carbocycles. The molecule has 11 aromatic rings. The molecule has 328 valence electrons. The number of fused-ring (bicyclic) bond motifs is 3. The minimum Gasteiger partial charge on any atom is -0.384 e. The van der Waals surface area contributed by atoms with Gasteiger partial charge in [-0.05, 0) is 42.3 Å². The number of nitriles is 1. The monoisotopic (exact) mass is 962 g/mol. The second kappa shape index (κ2) is 18.6. The molecule has 0 atom stereocenters. The van der Waals surface area contributed by atoms with Gasteiger partial charge in [0.25, 0.3) is 0 Å². The number of thiazole rings is 2. The van der Waals surface area contributed by atoms with Crippen molar-refractivity contribution in [3.63, 3.8) is 0 Å². The van der Waals surface area contributed by atoms with E-state index in [-0.39, 0.29) is 5.92 Å². The topological polar surface area (TPSA) is 63.8 Å². The predicted octanol–water partition coefficient (Wildman–Crippen LogP) is 10.9. The fourth-order valence-electron chi connectivity index (χ4n) is 9.85. The van der Waals surface area contributed by atoms with Crippen LogP contribution in [0.2, 0.25) is 10.0 Å². The Kier molecular flexibility index (Phi) is 11.9. The first kappa shape index (κ1) is 44.1. The van der Waals surface area contributed by atoms with Crippen LogP contribution >= 0.6 is 45.9 Å². The Morgan fingerprint density at radius 1 is 0.565 bits per heavy atom. The summed E-state index contributed by atoms with van der Waals surface area (Å²) in [6, 6.07) is 65.9. The van der Waals surface area contributed by atoms with Gasteiger partial charge in [-0.2, -0.15) is 5.26 Å². The summed E-state index contributed by atoms with van der Waals surface area (Å²) in [5.74, 6) is -0.176. The number of aromatic nitrogens is 4. The molecule has 6 nitrogen and oxygen atoms in total. The first-order valence-corrected chi connectivity index (χ1v) is 24.9. The van der Waals surface area contributed by atoms with Crippen molar-refractivity contribution >= 4 is 124 Å². The van der Waals surface area contributed by atoms with Crippen LogP contribution in [0.15, 0.2) is 188 Å². The van der Waals surface area contributed by atoms with Gasteiger partial charge in [-0.25, -0.2) is 14.8 Å². The van der Waals surface area contributed by atoms with Gasteiger partial charge >= 0.3 is 13.7 Å². The number of hydrogen-bond acceptors (Lipinski definition) is 5. The van der Waals surface area contributed by atoms with Crippen LogP contribution in [-0.2, 0) is 0 Å². The normalized spacial score (nSPS) is 12.3. The zero-order valence-electron chi connectivity index (χ0n) is 37.4. The number of hydrogen-bond donors (Lipinski definition) is 0. The zero-order chi connectivity index (χ0) is 47.2. The van der Waals surface area contributed by atoms with Crippen molar-refractivity contribution in [2.45, 2.75) is 19.8 Å². The lowest BCUT2D eigenvalue weighted by atomic mass is 9.50. The predicted molar refractivity (Wildman–Crippen MR) is 292 cm³/mol. The fourth-order valence-corrected chi connectivity index (χ4v) is 12.3. The van der Waals surface area contributed by atoms with E-state index in [9.17, 15) is 11.8 Å². The molecule has 0 radical (unpaired) electrons. The second-order valence-electron chi connectivity index (χ2n) is 17.0. The van der Waals surface area contributed by atoms with E-state index in [4.69, 9.17) is 33.2 Å². The third-order valence-corrected chi connectivity index (χ3v) is 15.3. The van der Waals surface area contributed by atoms with Gasteiger partial charge in [0.15, 0.2) is 0 Å². The maximum Gasteiger partial charge on any atom is 0.327 e. The average Bonchev–Trinajstić information content (AvgIpc) is 4.16. The van der Waals surface area contributed by atoms with Crippen LogP contribution in [0.5, 0.6) is 0 Å². The summed E-state index contributed by atoms with van der Waals surface area (Å²) < 4.78 is 6.55. The highest BCUT2D eigenvalue weighted by Gasteiger charge is 2.38. The molecule has 0 unspecified atom stereocenters. The van der Waals surface area contributed by atoms with Crippen LogP contribution < -0.4 is 32.5 Å².